The second-order valence-corrected chi connectivity index (χ2v) is 2.73. The molecule has 0 aromatic heterocycles. The van der Waals surface area contributed by atoms with E-state index in [0.717, 1.165) is 0 Å². The van der Waals surface area contributed by atoms with Gasteiger partial charge in [0.05, 0.1) is 5.41 Å². The summed E-state index contributed by atoms with van der Waals surface area (Å²) >= 11 is 0. The minimum Gasteiger partial charge on any atom is -0.481 e. The van der Waals surface area contributed by atoms with Gasteiger partial charge in [-0.25, -0.2) is 0 Å². The maximum Gasteiger partial charge on any atom is 0.312 e. The molecule has 1 aliphatic heterocycles. The first kappa shape index (κ1) is 7.50. The topological polar surface area (TPSA) is 75.4 Å². The fourth-order valence-electron chi connectivity index (χ4n) is 1.14. The van der Waals surface area contributed by atoms with Crippen LogP contribution in [0.5, 0.6) is 0 Å². The maximum atomic E-state index is 10.6. The number of carboxylic acids is 1. The third-order valence-corrected chi connectivity index (χ3v) is 2.00. The van der Waals surface area contributed by atoms with Gasteiger partial charge >= 0.3 is 5.97 Å². The van der Waals surface area contributed by atoms with Crippen LogP contribution in [0, 0.1) is 5.41 Å². The molecule has 4 heteroatoms. The molecule has 10 heavy (non-hydrogen) atoms. The summed E-state index contributed by atoms with van der Waals surface area (Å²) in [4.78, 5) is 10.6. The molecule has 0 unspecified atom stereocenters. The van der Waals surface area contributed by atoms with Crippen LogP contribution in [0.25, 0.3) is 0 Å². The van der Waals surface area contributed by atoms with E-state index in [-0.39, 0.29) is 0 Å². The van der Waals surface area contributed by atoms with Crippen molar-refractivity contribution in [1.82, 2.24) is 5.32 Å². The molecule has 1 saturated heterocycles. The van der Waals surface area contributed by atoms with Gasteiger partial charge < -0.3 is 16.2 Å². The highest BCUT2D eigenvalue weighted by atomic mass is 16.4. The Bertz CT molecular complexity index is 143. The molecular formula is C6H12N2O2. The molecule has 1 heterocycles. The number of carbonyl (C=O) groups is 1. The van der Waals surface area contributed by atoms with Crippen LogP contribution in [-0.2, 0) is 4.79 Å². The zero-order valence-electron chi connectivity index (χ0n) is 5.76. The highest BCUT2D eigenvalue weighted by molar-refractivity contribution is 5.76. The van der Waals surface area contributed by atoms with Gasteiger partial charge in [-0.05, 0) is 13.0 Å². The molecule has 0 aliphatic carbocycles. The smallest absolute Gasteiger partial charge is 0.312 e. The highest BCUT2D eigenvalue weighted by Gasteiger charge is 2.43. The van der Waals surface area contributed by atoms with Crippen molar-refractivity contribution >= 4 is 5.97 Å². The average Bonchev–Trinajstić information content (AvgIpc) is 1.77. The van der Waals surface area contributed by atoms with Gasteiger partial charge in [0.25, 0.3) is 0 Å². The molecule has 0 atom stereocenters. The predicted octanol–water partition coefficient (Wildman–Crippen LogP) is -0.991. The number of aliphatic carboxylic acids is 1. The summed E-state index contributed by atoms with van der Waals surface area (Å²) in [5.41, 5.74) is 4.72. The number of rotatable bonds is 3. The largest absolute Gasteiger partial charge is 0.481 e. The van der Waals surface area contributed by atoms with Crippen LogP contribution in [0.15, 0.2) is 0 Å². The van der Waals surface area contributed by atoms with Gasteiger partial charge in [-0.15, -0.1) is 0 Å². The normalized spacial score (nSPS) is 21.7. The van der Waals surface area contributed by atoms with Crippen molar-refractivity contribution in [3.05, 3.63) is 0 Å². The third kappa shape index (κ3) is 0.998. The van der Waals surface area contributed by atoms with Gasteiger partial charge in [-0.3, -0.25) is 4.79 Å². The number of carboxylic acid groups (broad SMARTS) is 1. The monoisotopic (exact) mass is 144 g/mol. The lowest BCUT2D eigenvalue weighted by Gasteiger charge is -2.38. The molecule has 0 radical (unpaired) electrons. The summed E-state index contributed by atoms with van der Waals surface area (Å²) in [6.45, 7) is 1.59. The summed E-state index contributed by atoms with van der Waals surface area (Å²) in [6.07, 6.45) is 0.579. The van der Waals surface area contributed by atoms with Crippen molar-refractivity contribution in [3.63, 3.8) is 0 Å². The Morgan fingerprint density at radius 3 is 2.40 bits per heavy atom. The predicted molar refractivity (Wildman–Crippen MR) is 36.6 cm³/mol. The lowest BCUT2D eigenvalue weighted by atomic mass is 9.79. The van der Waals surface area contributed by atoms with E-state index < -0.39 is 11.4 Å². The van der Waals surface area contributed by atoms with Crippen molar-refractivity contribution < 1.29 is 9.90 Å². The van der Waals surface area contributed by atoms with Crippen molar-refractivity contribution in [2.24, 2.45) is 11.1 Å². The van der Waals surface area contributed by atoms with Gasteiger partial charge in [0.1, 0.15) is 0 Å². The Balaban J connectivity index is 2.50. The Morgan fingerprint density at radius 1 is 1.70 bits per heavy atom. The van der Waals surface area contributed by atoms with E-state index in [1.165, 1.54) is 0 Å². The molecule has 0 saturated carbocycles. The maximum absolute atomic E-state index is 10.6. The van der Waals surface area contributed by atoms with Crippen LogP contribution in [0.2, 0.25) is 0 Å². The molecule has 58 valence electrons. The van der Waals surface area contributed by atoms with E-state index in [2.05, 4.69) is 5.32 Å². The van der Waals surface area contributed by atoms with E-state index in [0.29, 0.717) is 26.1 Å². The lowest BCUT2D eigenvalue weighted by Crippen LogP contribution is -2.58. The third-order valence-electron chi connectivity index (χ3n) is 2.00. The number of hydrogen-bond acceptors (Lipinski definition) is 3. The Hall–Kier alpha value is -0.610. The van der Waals surface area contributed by atoms with Crippen LogP contribution < -0.4 is 11.1 Å². The van der Waals surface area contributed by atoms with Gasteiger partial charge in [-0.2, -0.15) is 0 Å². The van der Waals surface area contributed by atoms with E-state index in [1.807, 2.05) is 0 Å². The van der Waals surface area contributed by atoms with Crippen LogP contribution in [0.3, 0.4) is 0 Å². The summed E-state index contributed by atoms with van der Waals surface area (Å²) in [7, 11) is 0. The first-order valence-corrected chi connectivity index (χ1v) is 3.35. The molecule has 4 N–H and O–H groups in total. The van der Waals surface area contributed by atoms with E-state index >= 15 is 0 Å². The average molecular weight is 144 g/mol. The molecule has 0 aromatic carbocycles. The first-order valence-electron chi connectivity index (χ1n) is 3.35. The van der Waals surface area contributed by atoms with Gasteiger partial charge in [-0.1, -0.05) is 0 Å². The summed E-state index contributed by atoms with van der Waals surface area (Å²) in [6, 6.07) is 0. The summed E-state index contributed by atoms with van der Waals surface area (Å²) < 4.78 is 0. The number of hydrogen-bond donors (Lipinski definition) is 3. The van der Waals surface area contributed by atoms with Crippen molar-refractivity contribution in [1.29, 1.82) is 0 Å². The van der Waals surface area contributed by atoms with Crippen LogP contribution >= 0.6 is 0 Å². The zero-order chi connectivity index (χ0) is 7.61. The molecule has 0 bridgehead atoms. The van der Waals surface area contributed by atoms with Crippen LogP contribution in [0.1, 0.15) is 6.42 Å². The molecular weight excluding hydrogens is 132 g/mol. The van der Waals surface area contributed by atoms with Gasteiger partial charge in [0.15, 0.2) is 0 Å². The Kier molecular flexibility index (Phi) is 1.92. The number of nitrogens with one attached hydrogen (secondary N) is 1. The molecule has 1 aliphatic rings. The molecule has 0 aromatic rings. The fraction of sp³-hybridized carbons (Fsp3) is 0.833. The second kappa shape index (κ2) is 2.56. The van der Waals surface area contributed by atoms with Crippen LogP contribution in [-0.4, -0.2) is 30.7 Å². The van der Waals surface area contributed by atoms with Crippen molar-refractivity contribution in [2.45, 2.75) is 6.42 Å². The summed E-state index contributed by atoms with van der Waals surface area (Å²) in [5.74, 6) is -0.725. The summed E-state index contributed by atoms with van der Waals surface area (Å²) in [5, 5.41) is 11.7. The van der Waals surface area contributed by atoms with Gasteiger partial charge in [0.2, 0.25) is 0 Å². The molecule has 4 nitrogen and oxygen atoms in total. The number of nitrogens with two attached hydrogens (primary N) is 1. The first-order chi connectivity index (χ1) is 4.71. The van der Waals surface area contributed by atoms with E-state index in [1.54, 1.807) is 0 Å². The molecule has 0 amide bonds. The second-order valence-electron chi connectivity index (χ2n) is 2.73. The lowest BCUT2D eigenvalue weighted by molar-refractivity contribution is -0.152. The highest BCUT2D eigenvalue weighted by Crippen LogP contribution is 2.26. The Morgan fingerprint density at radius 2 is 2.30 bits per heavy atom. The standard InChI is InChI=1S/C6H12N2O2/c7-2-1-6(5(9)10)3-8-4-6/h8H,1-4,7H2,(H,9,10). The minimum atomic E-state index is -0.725. The van der Waals surface area contributed by atoms with Crippen LogP contribution in [0.4, 0.5) is 0 Å². The molecule has 1 rings (SSSR count). The zero-order valence-corrected chi connectivity index (χ0v) is 5.76. The van der Waals surface area contributed by atoms with E-state index in [9.17, 15) is 4.79 Å². The fourth-order valence-corrected chi connectivity index (χ4v) is 1.14. The van der Waals surface area contributed by atoms with Crippen molar-refractivity contribution in [3.8, 4) is 0 Å². The SMILES string of the molecule is NCCC1(C(=O)O)CNC1. The molecule has 0 spiro atoms. The van der Waals surface area contributed by atoms with Crippen molar-refractivity contribution in [2.75, 3.05) is 19.6 Å². The molecule has 1 fully saturated rings. The Labute approximate surface area is 59.4 Å². The van der Waals surface area contributed by atoms with Gasteiger partial charge in [0, 0.05) is 13.1 Å². The van der Waals surface area contributed by atoms with E-state index in [4.69, 9.17) is 10.8 Å². The quantitative estimate of drug-likeness (QED) is 0.475. The minimum absolute atomic E-state index is 0.452.